The number of benzene rings is 2. The van der Waals surface area contributed by atoms with Crippen molar-refractivity contribution in [3.63, 3.8) is 0 Å². The fourth-order valence-electron chi connectivity index (χ4n) is 7.38. The van der Waals surface area contributed by atoms with Crippen molar-refractivity contribution in [2.24, 2.45) is 5.92 Å². The van der Waals surface area contributed by atoms with Crippen LogP contribution in [0.2, 0.25) is 0 Å². The maximum absolute atomic E-state index is 9.59. The van der Waals surface area contributed by atoms with Gasteiger partial charge in [0.25, 0.3) is 0 Å². The number of aromatic nitrogens is 2. The lowest BCUT2D eigenvalue weighted by Crippen LogP contribution is -2.51. The van der Waals surface area contributed by atoms with Gasteiger partial charge >= 0.3 is 6.01 Å². The molecule has 3 heterocycles. The Morgan fingerprint density at radius 1 is 1.02 bits per heavy atom. The third kappa shape index (κ3) is 6.28. The summed E-state index contributed by atoms with van der Waals surface area (Å²) < 4.78 is 6.50. The van der Waals surface area contributed by atoms with E-state index in [0.717, 1.165) is 50.7 Å². The van der Waals surface area contributed by atoms with Crippen LogP contribution in [0.1, 0.15) is 50.3 Å². The molecule has 8 nitrogen and oxygen atoms in total. The molecule has 2 aliphatic heterocycles. The number of nitrogens with zero attached hydrogens (tertiary/aromatic N) is 7. The molecule has 1 saturated heterocycles. The molecule has 3 aliphatic rings. The predicted octanol–water partition coefficient (Wildman–Crippen LogP) is 5.63. The van der Waals surface area contributed by atoms with Gasteiger partial charge in [-0.25, -0.2) is 0 Å². The molecule has 0 radical (unpaired) electrons. The van der Waals surface area contributed by atoms with Gasteiger partial charge in [0.05, 0.1) is 37.4 Å². The monoisotopic (exact) mass is 579 g/mol. The maximum atomic E-state index is 9.59. The van der Waals surface area contributed by atoms with Crippen molar-refractivity contribution in [1.82, 2.24) is 19.8 Å². The first-order valence-corrected chi connectivity index (χ1v) is 16.0. The fraction of sp³-hybridized carbons (Fsp3) is 0.514. The molecule has 0 spiro atoms. The zero-order chi connectivity index (χ0) is 29.8. The highest BCUT2D eigenvalue weighted by Gasteiger charge is 2.32. The average Bonchev–Trinajstić information content (AvgIpc) is 3.04. The Morgan fingerprint density at radius 2 is 1.86 bits per heavy atom. The fourth-order valence-corrected chi connectivity index (χ4v) is 7.38. The molecular weight excluding hydrogens is 534 g/mol. The quantitative estimate of drug-likeness (QED) is 0.340. The van der Waals surface area contributed by atoms with Gasteiger partial charge in [-0.05, 0) is 57.9 Å². The summed E-state index contributed by atoms with van der Waals surface area (Å²) in [6.07, 6.45) is 10.5. The number of hydrogen-bond donors (Lipinski definition) is 0. The van der Waals surface area contributed by atoms with Gasteiger partial charge < -0.3 is 24.3 Å². The summed E-state index contributed by atoms with van der Waals surface area (Å²) >= 11 is 0. The van der Waals surface area contributed by atoms with Crippen LogP contribution >= 0.6 is 0 Å². The summed E-state index contributed by atoms with van der Waals surface area (Å²) in [7, 11) is 4.37. The van der Waals surface area contributed by atoms with Gasteiger partial charge in [-0.1, -0.05) is 55.3 Å². The minimum Gasteiger partial charge on any atom is -0.463 e. The molecule has 0 amide bonds. The Labute approximate surface area is 256 Å². The third-order valence-corrected chi connectivity index (χ3v) is 9.58. The number of rotatable bonds is 8. The second-order valence-electron chi connectivity index (χ2n) is 12.5. The topological polar surface area (TPSA) is 71.8 Å². The Balaban J connectivity index is 1.32. The van der Waals surface area contributed by atoms with Crippen molar-refractivity contribution in [2.75, 3.05) is 56.7 Å². The minimum atomic E-state index is 0.129. The van der Waals surface area contributed by atoms with E-state index in [1.807, 2.05) is 6.92 Å². The normalized spacial score (nSPS) is 22.7. The Hall–Kier alpha value is -3.83. The van der Waals surface area contributed by atoms with Crippen molar-refractivity contribution >= 4 is 22.3 Å². The van der Waals surface area contributed by atoms with Crippen LogP contribution in [0.5, 0.6) is 6.01 Å². The van der Waals surface area contributed by atoms with E-state index in [1.165, 1.54) is 47.7 Å². The summed E-state index contributed by atoms with van der Waals surface area (Å²) in [5.41, 5.74) is 3.53. The summed E-state index contributed by atoms with van der Waals surface area (Å²) in [5.74, 6) is 1.47. The minimum absolute atomic E-state index is 0.129. The number of ether oxygens (including phenoxy) is 1. The molecular formula is C35H45N7O. The standard InChI is InChI=1S/C35H45N7O/c1-4-19-40-21-22-42(23-28(40)16-18-36)34-30-17-20-41(33-15-9-12-26-10-5-7-13-29(26)33)24-31(30)37-35(38-34)43-25-27-11-6-8-14-32(27)39(2)3/h4-5,7,9-10,12-13,15,19,27-28,32H,6,8,11,14,16-17,20-25H2,1-3H3/t27?,28-,32?/m0/s1. The number of hydrogen-bond acceptors (Lipinski definition) is 8. The second kappa shape index (κ2) is 13.2. The first-order chi connectivity index (χ1) is 21.1. The van der Waals surface area contributed by atoms with Crippen molar-refractivity contribution < 1.29 is 4.74 Å². The molecule has 3 aromatic rings. The van der Waals surface area contributed by atoms with E-state index in [-0.39, 0.29) is 6.04 Å². The first-order valence-electron chi connectivity index (χ1n) is 16.0. The number of fused-ring (bicyclic) bond motifs is 2. The number of piperazine rings is 1. The van der Waals surface area contributed by atoms with Crippen LogP contribution in [0.4, 0.5) is 11.5 Å². The van der Waals surface area contributed by atoms with Crippen LogP contribution in [0.3, 0.4) is 0 Å². The van der Waals surface area contributed by atoms with Crippen LogP contribution in [0.15, 0.2) is 54.7 Å². The van der Waals surface area contributed by atoms with Gasteiger partial charge in [0.15, 0.2) is 0 Å². The Bertz CT molecular complexity index is 1480. The SMILES string of the molecule is CC=CN1CCN(c2nc(OCC3CCCCC3N(C)C)nc3c2CCN(c2cccc4ccccc24)C3)C[C@@H]1CC#N. The van der Waals surface area contributed by atoms with E-state index in [0.29, 0.717) is 31.0 Å². The first kappa shape index (κ1) is 29.3. The van der Waals surface area contributed by atoms with E-state index in [9.17, 15) is 5.26 Å². The molecule has 1 saturated carbocycles. The van der Waals surface area contributed by atoms with Crippen molar-refractivity contribution in [1.29, 1.82) is 5.26 Å². The largest absolute Gasteiger partial charge is 0.463 e. The van der Waals surface area contributed by atoms with Gasteiger partial charge in [-0.15, -0.1) is 0 Å². The van der Waals surface area contributed by atoms with Gasteiger partial charge in [-0.2, -0.15) is 15.2 Å². The third-order valence-electron chi connectivity index (χ3n) is 9.58. The Kier molecular flexibility index (Phi) is 8.99. The van der Waals surface area contributed by atoms with E-state index in [4.69, 9.17) is 14.7 Å². The molecule has 8 heteroatoms. The smallest absolute Gasteiger partial charge is 0.318 e. The van der Waals surface area contributed by atoms with Crippen LogP contribution in [0, 0.1) is 17.2 Å². The summed E-state index contributed by atoms with van der Waals surface area (Å²) in [4.78, 5) is 19.7. The second-order valence-corrected chi connectivity index (χ2v) is 12.5. The molecule has 1 aromatic heterocycles. The summed E-state index contributed by atoms with van der Waals surface area (Å²) in [5, 5.41) is 12.1. The van der Waals surface area contributed by atoms with Crippen LogP contribution in [-0.4, -0.2) is 78.7 Å². The molecule has 0 bridgehead atoms. The number of allylic oxidation sites excluding steroid dienone is 1. The zero-order valence-corrected chi connectivity index (χ0v) is 26.0. The highest BCUT2D eigenvalue weighted by atomic mass is 16.5. The molecule has 43 heavy (non-hydrogen) atoms. The summed E-state index contributed by atoms with van der Waals surface area (Å²) in [6.45, 7) is 6.78. The molecule has 2 aromatic carbocycles. The average molecular weight is 580 g/mol. The summed E-state index contributed by atoms with van der Waals surface area (Å²) in [6, 6.07) is 18.7. The molecule has 0 N–H and O–H groups in total. The molecule has 226 valence electrons. The van der Waals surface area contributed by atoms with Crippen molar-refractivity contribution in [3.05, 3.63) is 66.0 Å². The molecule has 2 unspecified atom stereocenters. The van der Waals surface area contributed by atoms with E-state index in [2.05, 4.69) is 94.5 Å². The molecule has 6 rings (SSSR count). The number of anilines is 2. The highest BCUT2D eigenvalue weighted by molar-refractivity contribution is 5.94. The van der Waals surface area contributed by atoms with Gasteiger partial charge in [-0.3, -0.25) is 0 Å². The lowest BCUT2D eigenvalue weighted by molar-refractivity contribution is 0.103. The molecule has 1 aliphatic carbocycles. The Morgan fingerprint density at radius 3 is 2.70 bits per heavy atom. The van der Waals surface area contributed by atoms with E-state index in [1.54, 1.807) is 0 Å². The molecule has 2 fully saturated rings. The number of nitriles is 1. The zero-order valence-electron chi connectivity index (χ0n) is 26.0. The lowest BCUT2D eigenvalue weighted by atomic mass is 9.84. The van der Waals surface area contributed by atoms with Crippen molar-refractivity contribution in [2.45, 2.75) is 64.1 Å². The lowest BCUT2D eigenvalue weighted by Gasteiger charge is -2.42. The van der Waals surface area contributed by atoms with Gasteiger partial charge in [0.2, 0.25) is 0 Å². The van der Waals surface area contributed by atoms with Crippen LogP contribution < -0.4 is 14.5 Å². The molecule has 3 atom stereocenters. The predicted molar refractivity (Wildman–Crippen MR) is 173 cm³/mol. The van der Waals surface area contributed by atoms with Crippen molar-refractivity contribution in [3.8, 4) is 12.1 Å². The highest BCUT2D eigenvalue weighted by Crippen LogP contribution is 2.35. The van der Waals surface area contributed by atoms with Crippen LogP contribution in [-0.2, 0) is 13.0 Å². The van der Waals surface area contributed by atoms with Gasteiger partial charge in [0.1, 0.15) is 5.82 Å². The maximum Gasteiger partial charge on any atom is 0.318 e. The van der Waals surface area contributed by atoms with E-state index < -0.39 is 0 Å². The van der Waals surface area contributed by atoms with Crippen LogP contribution in [0.25, 0.3) is 10.8 Å². The van der Waals surface area contributed by atoms with E-state index >= 15 is 0 Å². The van der Waals surface area contributed by atoms with Gasteiger partial charge in [0, 0.05) is 54.8 Å².